The molecular weight excluding hydrogens is 258 g/mol. The lowest BCUT2D eigenvalue weighted by Gasteiger charge is -2.16. The normalized spacial score (nSPS) is 12.2. The third kappa shape index (κ3) is 4.21. The van der Waals surface area contributed by atoms with Gasteiger partial charge in [0.15, 0.2) is 0 Å². The van der Waals surface area contributed by atoms with Crippen LogP contribution in [0.3, 0.4) is 0 Å². The minimum Gasteiger partial charge on any atom is -0.350 e. The molecule has 2 aromatic rings. The molecule has 0 aliphatic carbocycles. The number of aryl methyl sites for hydroxylation is 2. The van der Waals surface area contributed by atoms with Crippen LogP contribution in [-0.4, -0.2) is 21.9 Å². The summed E-state index contributed by atoms with van der Waals surface area (Å²) >= 11 is 6.03. The number of hydrogen-bond donors (Lipinski definition) is 1. The molecule has 0 spiro atoms. The number of nitrogens with one attached hydrogen (secondary N) is 1. The van der Waals surface area contributed by atoms with Crippen LogP contribution in [0.2, 0.25) is 0 Å². The molecule has 0 radical (unpaired) electrons. The summed E-state index contributed by atoms with van der Waals surface area (Å²) in [6.45, 7) is 3.93. The van der Waals surface area contributed by atoms with Gasteiger partial charge in [-0.3, -0.25) is 0 Å². The van der Waals surface area contributed by atoms with Crippen LogP contribution in [0.1, 0.15) is 17.0 Å². The Labute approximate surface area is 119 Å². The van der Waals surface area contributed by atoms with Gasteiger partial charge in [-0.1, -0.05) is 30.3 Å². The van der Waals surface area contributed by atoms with Crippen LogP contribution in [0.15, 0.2) is 36.4 Å². The van der Waals surface area contributed by atoms with Crippen molar-refractivity contribution in [3.05, 3.63) is 53.3 Å². The molecule has 0 bridgehead atoms. The fraction of sp³-hybridized carbons (Fsp3) is 0.333. The molecule has 1 aromatic heterocycles. The van der Waals surface area contributed by atoms with E-state index >= 15 is 0 Å². The number of halogens is 1. The van der Waals surface area contributed by atoms with E-state index in [1.165, 1.54) is 5.56 Å². The molecule has 1 heterocycles. The molecule has 0 aliphatic rings. The zero-order chi connectivity index (χ0) is 13.7. The summed E-state index contributed by atoms with van der Waals surface area (Å²) in [6.07, 6.45) is 0.862. The molecule has 1 aromatic carbocycles. The molecule has 0 amide bonds. The molecule has 1 unspecified atom stereocenters. The first kappa shape index (κ1) is 13.8. The lowest BCUT2D eigenvalue weighted by Crippen LogP contribution is -2.25. The summed E-state index contributed by atoms with van der Waals surface area (Å²) in [5.74, 6) is 1.17. The first-order chi connectivity index (χ1) is 9.17. The van der Waals surface area contributed by atoms with Gasteiger partial charge in [0, 0.05) is 23.3 Å². The van der Waals surface area contributed by atoms with Gasteiger partial charge in [0.2, 0.25) is 5.95 Å². The predicted octanol–water partition coefficient (Wildman–Crippen LogP) is 3.36. The highest BCUT2D eigenvalue weighted by Crippen LogP contribution is 2.10. The largest absolute Gasteiger partial charge is 0.350 e. The predicted molar refractivity (Wildman–Crippen MR) is 79.8 cm³/mol. The maximum Gasteiger partial charge on any atom is 0.223 e. The average molecular weight is 276 g/mol. The van der Waals surface area contributed by atoms with E-state index in [4.69, 9.17) is 11.6 Å². The lowest BCUT2D eigenvalue weighted by atomic mass is 10.1. The van der Waals surface area contributed by atoms with Crippen LogP contribution >= 0.6 is 11.6 Å². The van der Waals surface area contributed by atoms with Gasteiger partial charge in [0.25, 0.3) is 0 Å². The van der Waals surface area contributed by atoms with Gasteiger partial charge in [-0.15, -0.1) is 11.6 Å². The topological polar surface area (TPSA) is 37.8 Å². The number of benzene rings is 1. The lowest BCUT2D eigenvalue weighted by molar-refractivity contribution is 0.780. The fourth-order valence-electron chi connectivity index (χ4n) is 2.02. The maximum atomic E-state index is 6.03. The molecule has 0 aliphatic heterocycles. The van der Waals surface area contributed by atoms with E-state index in [2.05, 4.69) is 27.4 Å². The first-order valence-corrected chi connectivity index (χ1v) is 6.89. The van der Waals surface area contributed by atoms with Crippen molar-refractivity contribution in [2.24, 2.45) is 0 Å². The van der Waals surface area contributed by atoms with Crippen molar-refractivity contribution >= 4 is 17.5 Å². The zero-order valence-electron chi connectivity index (χ0n) is 11.2. The van der Waals surface area contributed by atoms with Crippen molar-refractivity contribution in [1.29, 1.82) is 0 Å². The van der Waals surface area contributed by atoms with Crippen LogP contribution in [-0.2, 0) is 6.42 Å². The number of nitrogens with zero attached hydrogens (tertiary/aromatic N) is 2. The Morgan fingerprint density at radius 3 is 2.32 bits per heavy atom. The smallest absolute Gasteiger partial charge is 0.223 e. The highest BCUT2D eigenvalue weighted by atomic mass is 35.5. The van der Waals surface area contributed by atoms with E-state index in [0.717, 1.165) is 17.8 Å². The Hall–Kier alpha value is -1.61. The van der Waals surface area contributed by atoms with E-state index in [1.807, 2.05) is 38.1 Å². The van der Waals surface area contributed by atoms with E-state index in [9.17, 15) is 0 Å². The minimum absolute atomic E-state index is 0.130. The van der Waals surface area contributed by atoms with Gasteiger partial charge in [-0.05, 0) is 31.9 Å². The number of anilines is 1. The van der Waals surface area contributed by atoms with Crippen molar-refractivity contribution < 1.29 is 0 Å². The van der Waals surface area contributed by atoms with Crippen molar-refractivity contribution in [2.45, 2.75) is 26.3 Å². The van der Waals surface area contributed by atoms with Gasteiger partial charge in [0.05, 0.1) is 0 Å². The molecule has 0 fully saturated rings. The molecule has 19 heavy (non-hydrogen) atoms. The highest BCUT2D eigenvalue weighted by molar-refractivity contribution is 6.18. The molecule has 100 valence electrons. The van der Waals surface area contributed by atoms with E-state index in [0.29, 0.717) is 11.8 Å². The number of aromatic nitrogens is 2. The molecule has 1 atom stereocenters. The van der Waals surface area contributed by atoms with Gasteiger partial charge >= 0.3 is 0 Å². The second kappa shape index (κ2) is 6.53. The standard InChI is InChI=1S/C15H18ClN3/c1-11-8-12(2)18-15(17-11)19-14(10-16)9-13-6-4-3-5-7-13/h3-8,14H,9-10H2,1-2H3,(H,17,18,19). The second-order valence-electron chi connectivity index (χ2n) is 4.66. The Kier molecular flexibility index (Phi) is 4.74. The summed E-state index contributed by atoms with van der Waals surface area (Å²) in [7, 11) is 0. The van der Waals surface area contributed by atoms with Crippen molar-refractivity contribution in [3.63, 3.8) is 0 Å². The molecular formula is C15H18ClN3. The summed E-state index contributed by atoms with van der Waals surface area (Å²) in [5.41, 5.74) is 3.18. The summed E-state index contributed by atoms with van der Waals surface area (Å²) in [6, 6.07) is 12.4. The van der Waals surface area contributed by atoms with Crippen molar-refractivity contribution in [2.75, 3.05) is 11.2 Å². The average Bonchev–Trinajstić information content (AvgIpc) is 2.38. The van der Waals surface area contributed by atoms with Crippen LogP contribution in [0, 0.1) is 13.8 Å². The fourth-order valence-corrected chi connectivity index (χ4v) is 2.20. The molecule has 0 saturated heterocycles. The molecule has 3 nitrogen and oxygen atoms in total. The van der Waals surface area contributed by atoms with E-state index in [1.54, 1.807) is 0 Å². The summed E-state index contributed by atoms with van der Waals surface area (Å²) in [4.78, 5) is 8.77. The Morgan fingerprint density at radius 2 is 1.74 bits per heavy atom. The van der Waals surface area contributed by atoms with Crippen LogP contribution < -0.4 is 5.32 Å². The summed E-state index contributed by atoms with van der Waals surface area (Å²) in [5, 5.41) is 3.30. The summed E-state index contributed by atoms with van der Waals surface area (Å²) < 4.78 is 0. The highest BCUT2D eigenvalue weighted by Gasteiger charge is 2.10. The van der Waals surface area contributed by atoms with Crippen LogP contribution in [0.5, 0.6) is 0 Å². The molecule has 1 N–H and O–H groups in total. The SMILES string of the molecule is Cc1cc(C)nc(NC(CCl)Cc2ccccc2)n1. The Morgan fingerprint density at radius 1 is 1.11 bits per heavy atom. The third-order valence-electron chi connectivity index (χ3n) is 2.83. The second-order valence-corrected chi connectivity index (χ2v) is 4.97. The van der Waals surface area contributed by atoms with Gasteiger partial charge in [-0.2, -0.15) is 0 Å². The van der Waals surface area contributed by atoms with Gasteiger partial charge in [0.1, 0.15) is 0 Å². The van der Waals surface area contributed by atoms with Crippen molar-refractivity contribution in [3.8, 4) is 0 Å². The molecule has 0 saturated carbocycles. The van der Waals surface area contributed by atoms with Gasteiger partial charge in [-0.25, -0.2) is 9.97 Å². The van der Waals surface area contributed by atoms with E-state index < -0.39 is 0 Å². The number of alkyl halides is 1. The monoisotopic (exact) mass is 275 g/mol. The number of hydrogen-bond acceptors (Lipinski definition) is 3. The quantitative estimate of drug-likeness (QED) is 0.851. The molecule has 4 heteroatoms. The minimum atomic E-state index is 0.130. The Balaban J connectivity index is 2.06. The van der Waals surface area contributed by atoms with Gasteiger partial charge < -0.3 is 5.32 Å². The zero-order valence-corrected chi connectivity index (χ0v) is 12.0. The van der Waals surface area contributed by atoms with Crippen LogP contribution in [0.25, 0.3) is 0 Å². The van der Waals surface area contributed by atoms with E-state index in [-0.39, 0.29) is 6.04 Å². The number of rotatable bonds is 5. The maximum absolute atomic E-state index is 6.03. The first-order valence-electron chi connectivity index (χ1n) is 6.36. The van der Waals surface area contributed by atoms with Crippen LogP contribution in [0.4, 0.5) is 5.95 Å². The van der Waals surface area contributed by atoms with Crippen molar-refractivity contribution in [1.82, 2.24) is 9.97 Å². The third-order valence-corrected chi connectivity index (χ3v) is 3.20. The molecule has 2 rings (SSSR count). The Bertz CT molecular complexity index is 508.